The molecule has 148 valence electrons. The van der Waals surface area contributed by atoms with Crippen LogP contribution in [0.2, 0.25) is 0 Å². The third-order valence-corrected chi connectivity index (χ3v) is 5.46. The van der Waals surface area contributed by atoms with Crippen LogP contribution in [0.15, 0.2) is 36.4 Å². The third-order valence-electron chi connectivity index (χ3n) is 5.46. The lowest BCUT2D eigenvalue weighted by Crippen LogP contribution is -2.30. The van der Waals surface area contributed by atoms with Crippen molar-refractivity contribution >= 4 is 23.2 Å². The van der Waals surface area contributed by atoms with Gasteiger partial charge in [-0.25, -0.2) is 4.98 Å². The number of anilines is 2. The van der Waals surface area contributed by atoms with E-state index in [9.17, 15) is 9.59 Å². The van der Waals surface area contributed by atoms with Crippen molar-refractivity contribution in [3.8, 4) is 0 Å². The zero-order valence-corrected chi connectivity index (χ0v) is 17.2. The van der Waals surface area contributed by atoms with E-state index in [1.54, 1.807) is 6.07 Å². The maximum absolute atomic E-state index is 13.1. The van der Waals surface area contributed by atoms with Gasteiger partial charge in [0.05, 0.1) is 5.56 Å². The number of Topliss-reactive ketones (excluding diaryl/α,β-unsaturated/α-hetero) is 1. The van der Waals surface area contributed by atoms with Crippen LogP contribution in [0.25, 0.3) is 0 Å². The molecule has 0 bridgehead atoms. The summed E-state index contributed by atoms with van der Waals surface area (Å²) in [7, 11) is 0. The lowest BCUT2D eigenvalue weighted by atomic mass is 9.85. The second-order valence-corrected chi connectivity index (χ2v) is 8.40. The topological polar surface area (TPSA) is 62.3 Å². The van der Waals surface area contributed by atoms with Gasteiger partial charge in [0.15, 0.2) is 5.78 Å². The highest BCUT2D eigenvalue weighted by molar-refractivity contribution is 6.09. The summed E-state index contributed by atoms with van der Waals surface area (Å²) in [6.45, 7) is 9.61. The first-order valence-electron chi connectivity index (χ1n) is 9.91. The van der Waals surface area contributed by atoms with E-state index in [1.807, 2.05) is 37.3 Å². The molecule has 1 N–H and O–H groups in total. The third kappa shape index (κ3) is 4.58. The molecule has 0 spiro atoms. The second kappa shape index (κ2) is 8.13. The van der Waals surface area contributed by atoms with Gasteiger partial charge in [-0.05, 0) is 55.4 Å². The largest absolute Gasteiger partial charge is 0.356 e. The molecule has 3 rings (SSSR count). The molecule has 0 radical (unpaired) electrons. The smallest absolute Gasteiger partial charge is 0.259 e. The van der Waals surface area contributed by atoms with Gasteiger partial charge in [0.1, 0.15) is 11.5 Å². The van der Waals surface area contributed by atoms with Crippen LogP contribution in [0.3, 0.4) is 0 Å². The maximum atomic E-state index is 13.1. The predicted molar refractivity (Wildman–Crippen MR) is 113 cm³/mol. The van der Waals surface area contributed by atoms with Crippen LogP contribution >= 0.6 is 0 Å². The van der Waals surface area contributed by atoms with Gasteiger partial charge in [-0.2, -0.15) is 0 Å². The fourth-order valence-electron chi connectivity index (χ4n) is 3.70. The molecule has 1 fully saturated rings. The van der Waals surface area contributed by atoms with Crippen molar-refractivity contribution in [2.75, 3.05) is 23.3 Å². The summed E-state index contributed by atoms with van der Waals surface area (Å²) in [5.41, 5.74) is 2.74. The molecule has 1 amide bonds. The van der Waals surface area contributed by atoms with Crippen molar-refractivity contribution in [3.63, 3.8) is 0 Å². The number of rotatable bonds is 4. The first-order chi connectivity index (χ1) is 13.3. The monoisotopic (exact) mass is 379 g/mol. The van der Waals surface area contributed by atoms with Gasteiger partial charge in [-0.15, -0.1) is 0 Å². The Morgan fingerprint density at radius 1 is 1.11 bits per heavy atom. The molecular formula is C23H29N3O2. The Hall–Kier alpha value is -2.69. The molecule has 1 aromatic carbocycles. The molecule has 2 aromatic rings. The maximum Gasteiger partial charge on any atom is 0.259 e. The van der Waals surface area contributed by atoms with Gasteiger partial charge in [-0.3, -0.25) is 9.59 Å². The summed E-state index contributed by atoms with van der Waals surface area (Å²) in [6, 6.07) is 11.1. The Kier molecular flexibility index (Phi) is 5.82. The molecule has 1 aliphatic rings. The van der Waals surface area contributed by atoms with E-state index >= 15 is 0 Å². The minimum Gasteiger partial charge on any atom is -0.356 e. The van der Waals surface area contributed by atoms with E-state index in [4.69, 9.17) is 0 Å². The zero-order valence-electron chi connectivity index (χ0n) is 17.2. The second-order valence-electron chi connectivity index (χ2n) is 8.40. The quantitative estimate of drug-likeness (QED) is 0.771. The molecule has 0 saturated carbocycles. The molecule has 2 heterocycles. The highest BCUT2D eigenvalue weighted by Crippen LogP contribution is 2.33. The van der Waals surface area contributed by atoms with Gasteiger partial charge in [0, 0.05) is 25.7 Å². The number of aromatic nitrogens is 1. The Morgan fingerprint density at radius 3 is 2.50 bits per heavy atom. The van der Waals surface area contributed by atoms with Gasteiger partial charge in [0.25, 0.3) is 5.91 Å². The number of ketones is 1. The molecule has 5 heteroatoms. The van der Waals surface area contributed by atoms with E-state index in [0.717, 1.165) is 43.6 Å². The number of benzene rings is 1. The lowest BCUT2D eigenvalue weighted by molar-refractivity contribution is 0.100. The minimum atomic E-state index is -0.190. The van der Waals surface area contributed by atoms with Crippen molar-refractivity contribution in [2.45, 2.75) is 47.0 Å². The average Bonchev–Trinajstić information content (AvgIpc) is 2.82. The van der Waals surface area contributed by atoms with Gasteiger partial charge >= 0.3 is 0 Å². The van der Waals surface area contributed by atoms with Crippen molar-refractivity contribution in [1.29, 1.82) is 0 Å². The summed E-state index contributed by atoms with van der Waals surface area (Å²) >= 11 is 0. The first-order valence-corrected chi connectivity index (χ1v) is 9.91. The van der Waals surface area contributed by atoms with Crippen LogP contribution in [-0.4, -0.2) is 29.8 Å². The summed E-state index contributed by atoms with van der Waals surface area (Å²) in [5, 5.41) is 2.97. The van der Waals surface area contributed by atoms with Crippen LogP contribution < -0.4 is 10.2 Å². The van der Waals surface area contributed by atoms with Crippen LogP contribution in [0, 0.1) is 12.3 Å². The van der Waals surface area contributed by atoms with Crippen molar-refractivity contribution < 1.29 is 9.59 Å². The number of aryl methyl sites for hydroxylation is 1. The fraction of sp³-hybridized carbons (Fsp3) is 0.435. The molecule has 0 unspecified atom stereocenters. The first kappa shape index (κ1) is 20.1. The predicted octanol–water partition coefficient (Wildman–Crippen LogP) is 4.86. The molecule has 28 heavy (non-hydrogen) atoms. The highest BCUT2D eigenvalue weighted by atomic mass is 16.1. The number of nitrogens with zero attached hydrogens (tertiary/aromatic N) is 2. The summed E-state index contributed by atoms with van der Waals surface area (Å²) in [5.74, 6) is 0.343. The van der Waals surface area contributed by atoms with E-state index in [1.165, 1.54) is 6.92 Å². The van der Waals surface area contributed by atoms with Crippen LogP contribution in [0.1, 0.15) is 66.4 Å². The Labute approximate surface area is 167 Å². The van der Waals surface area contributed by atoms with Crippen LogP contribution in [0.4, 0.5) is 11.5 Å². The lowest BCUT2D eigenvalue weighted by Gasteiger charge is -2.26. The average molecular weight is 380 g/mol. The van der Waals surface area contributed by atoms with Crippen LogP contribution in [0.5, 0.6) is 0 Å². The molecule has 1 saturated heterocycles. The Balaban J connectivity index is 2.00. The van der Waals surface area contributed by atoms with E-state index in [0.29, 0.717) is 17.1 Å². The Morgan fingerprint density at radius 2 is 1.82 bits per heavy atom. The molecule has 0 atom stereocenters. The number of carbonyl (C=O) groups is 2. The van der Waals surface area contributed by atoms with Crippen molar-refractivity contribution in [2.24, 2.45) is 5.41 Å². The van der Waals surface area contributed by atoms with E-state index in [-0.39, 0.29) is 17.1 Å². The molecule has 1 aromatic heterocycles. The normalized spacial score (nSPS) is 16.4. The fourth-order valence-corrected chi connectivity index (χ4v) is 3.70. The highest BCUT2D eigenvalue weighted by Gasteiger charge is 2.28. The summed E-state index contributed by atoms with van der Waals surface area (Å²) in [6.07, 6.45) is 3.20. The van der Waals surface area contributed by atoms with E-state index in [2.05, 4.69) is 29.0 Å². The summed E-state index contributed by atoms with van der Waals surface area (Å²) < 4.78 is 0. The number of hydrogen-bond donors (Lipinski definition) is 1. The van der Waals surface area contributed by atoms with E-state index < -0.39 is 0 Å². The number of para-hydroxylation sites is 1. The van der Waals surface area contributed by atoms with Gasteiger partial charge in [-0.1, -0.05) is 32.0 Å². The molecule has 0 aliphatic carbocycles. The van der Waals surface area contributed by atoms with Crippen LogP contribution in [-0.2, 0) is 0 Å². The Bertz CT molecular complexity index is 875. The number of nitrogens with one attached hydrogen (secondary N) is 1. The number of hydrogen-bond acceptors (Lipinski definition) is 4. The van der Waals surface area contributed by atoms with Gasteiger partial charge in [0.2, 0.25) is 0 Å². The number of pyridine rings is 1. The van der Waals surface area contributed by atoms with Crippen molar-refractivity contribution in [3.05, 3.63) is 53.2 Å². The molecule has 1 aliphatic heterocycles. The standard InChI is InChI=1S/C23H29N3O2/c1-16-15-19(17(2)27)25-21(26-13-8-11-23(3,4)12-14-26)20(16)22(28)24-18-9-6-5-7-10-18/h5-7,9-10,15H,8,11-14H2,1-4H3,(H,24,28). The zero-order chi connectivity index (χ0) is 20.3. The molecular weight excluding hydrogens is 350 g/mol. The van der Waals surface area contributed by atoms with Gasteiger partial charge < -0.3 is 10.2 Å². The SMILES string of the molecule is CC(=O)c1cc(C)c(C(=O)Nc2ccccc2)c(N2CCCC(C)(C)CC2)n1. The number of carbonyl (C=O) groups excluding carboxylic acids is 2. The molecule has 5 nitrogen and oxygen atoms in total. The summed E-state index contributed by atoms with van der Waals surface area (Å²) in [4.78, 5) is 31.9. The number of amides is 1. The van der Waals surface area contributed by atoms with Crippen molar-refractivity contribution in [1.82, 2.24) is 4.98 Å². The minimum absolute atomic E-state index is 0.0884.